The second-order valence-corrected chi connectivity index (χ2v) is 7.37. The van der Waals surface area contributed by atoms with Crippen LogP contribution in [0.3, 0.4) is 0 Å². The van der Waals surface area contributed by atoms with Crippen LogP contribution >= 0.6 is 11.3 Å². The summed E-state index contributed by atoms with van der Waals surface area (Å²) in [5.74, 6) is 1.28. The summed E-state index contributed by atoms with van der Waals surface area (Å²) in [6.07, 6.45) is 0. The van der Waals surface area contributed by atoms with Crippen molar-refractivity contribution in [2.45, 2.75) is 0 Å². The maximum Gasteiger partial charge on any atom is 0.319 e. The standard InChI is InChI=1S/C20H26N4O4S/c1-27-16-3-4-17(18(13-16)28-2)22-20(26)21-6-7-23-8-10-24(11-9-23)19(25)15-5-12-29-14-15/h3-5,12-14H,6-11H2,1-2H3,(H2,21,22,26). The van der Waals surface area contributed by atoms with E-state index in [1.54, 1.807) is 32.4 Å². The number of nitrogens with zero attached hydrogens (tertiary/aromatic N) is 2. The highest BCUT2D eigenvalue weighted by atomic mass is 32.1. The van der Waals surface area contributed by atoms with E-state index in [1.165, 1.54) is 11.3 Å². The molecule has 2 aromatic rings. The molecule has 156 valence electrons. The van der Waals surface area contributed by atoms with Crippen LogP contribution in [-0.4, -0.2) is 75.2 Å². The number of rotatable bonds is 7. The maximum atomic E-state index is 12.4. The van der Waals surface area contributed by atoms with Gasteiger partial charge in [0.1, 0.15) is 11.5 Å². The van der Waals surface area contributed by atoms with Gasteiger partial charge in [-0.2, -0.15) is 11.3 Å². The Bertz CT molecular complexity index is 820. The number of piperazine rings is 1. The molecule has 0 atom stereocenters. The van der Waals surface area contributed by atoms with Gasteiger partial charge in [-0.05, 0) is 23.6 Å². The third kappa shape index (κ3) is 5.61. The summed E-state index contributed by atoms with van der Waals surface area (Å²) >= 11 is 1.53. The summed E-state index contributed by atoms with van der Waals surface area (Å²) in [5.41, 5.74) is 1.34. The number of carbonyl (C=O) groups is 2. The second kappa shape index (κ2) is 10.1. The number of hydrogen-bond acceptors (Lipinski definition) is 6. The number of nitrogens with one attached hydrogen (secondary N) is 2. The maximum absolute atomic E-state index is 12.4. The molecule has 0 bridgehead atoms. The van der Waals surface area contributed by atoms with Crippen molar-refractivity contribution in [3.8, 4) is 11.5 Å². The number of anilines is 1. The Morgan fingerprint density at radius 2 is 1.90 bits per heavy atom. The van der Waals surface area contributed by atoms with Crippen molar-refractivity contribution in [1.29, 1.82) is 0 Å². The van der Waals surface area contributed by atoms with Gasteiger partial charge in [0.25, 0.3) is 5.91 Å². The third-order valence-electron chi connectivity index (χ3n) is 4.80. The first kappa shape index (κ1) is 20.9. The van der Waals surface area contributed by atoms with E-state index in [4.69, 9.17) is 9.47 Å². The number of urea groups is 1. The van der Waals surface area contributed by atoms with Crippen molar-refractivity contribution in [1.82, 2.24) is 15.1 Å². The van der Waals surface area contributed by atoms with Gasteiger partial charge in [0.05, 0.1) is 25.5 Å². The van der Waals surface area contributed by atoms with Gasteiger partial charge in [-0.25, -0.2) is 4.79 Å². The molecule has 1 aliphatic rings. The Morgan fingerprint density at radius 3 is 2.55 bits per heavy atom. The van der Waals surface area contributed by atoms with E-state index in [9.17, 15) is 9.59 Å². The number of amides is 3. The topological polar surface area (TPSA) is 83.1 Å². The fourth-order valence-corrected chi connectivity index (χ4v) is 3.77. The number of hydrogen-bond donors (Lipinski definition) is 2. The zero-order valence-electron chi connectivity index (χ0n) is 16.6. The fraction of sp³-hybridized carbons (Fsp3) is 0.400. The molecule has 2 heterocycles. The number of benzene rings is 1. The van der Waals surface area contributed by atoms with Gasteiger partial charge < -0.3 is 25.0 Å². The predicted molar refractivity (Wildman–Crippen MR) is 113 cm³/mol. The molecule has 29 heavy (non-hydrogen) atoms. The minimum absolute atomic E-state index is 0.0943. The van der Waals surface area contributed by atoms with Crippen LogP contribution in [0.25, 0.3) is 0 Å². The van der Waals surface area contributed by atoms with Crippen LogP contribution in [0.2, 0.25) is 0 Å². The first-order valence-electron chi connectivity index (χ1n) is 9.41. The van der Waals surface area contributed by atoms with Crippen molar-refractivity contribution < 1.29 is 19.1 Å². The molecule has 0 unspecified atom stereocenters. The highest BCUT2D eigenvalue weighted by Gasteiger charge is 2.22. The van der Waals surface area contributed by atoms with E-state index in [0.29, 0.717) is 36.8 Å². The SMILES string of the molecule is COc1ccc(NC(=O)NCCN2CCN(C(=O)c3ccsc3)CC2)c(OC)c1. The Hall–Kier alpha value is -2.78. The molecule has 1 fully saturated rings. The van der Waals surface area contributed by atoms with Crippen molar-refractivity contribution in [3.63, 3.8) is 0 Å². The van der Waals surface area contributed by atoms with Crippen molar-refractivity contribution in [3.05, 3.63) is 40.6 Å². The van der Waals surface area contributed by atoms with Crippen LogP contribution in [0.1, 0.15) is 10.4 Å². The van der Waals surface area contributed by atoms with Gasteiger partial charge in [0.15, 0.2) is 0 Å². The normalized spacial score (nSPS) is 14.3. The van der Waals surface area contributed by atoms with Gasteiger partial charge in [-0.1, -0.05) is 0 Å². The van der Waals surface area contributed by atoms with Crippen LogP contribution < -0.4 is 20.1 Å². The molecule has 3 rings (SSSR count). The van der Waals surface area contributed by atoms with Gasteiger partial charge in [0, 0.05) is 50.7 Å². The van der Waals surface area contributed by atoms with Crippen LogP contribution in [0.4, 0.5) is 10.5 Å². The monoisotopic (exact) mass is 418 g/mol. The summed E-state index contributed by atoms with van der Waals surface area (Å²) in [4.78, 5) is 28.7. The van der Waals surface area contributed by atoms with Crippen molar-refractivity contribution >= 4 is 29.0 Å². The third-order valence-corrected chi connectivity index (χ3v) is 5.48. The zero-order chi connectivity index (χ0) is 20.6. The van der Waals surface area contributed by atoms with E-state index in [1.807, 2.05) is 21.7 Å². The van der Waals surface area contributed by atoms with Gasteiger partial charge in [-0.3, -0.25) is 9.69 Å². The number of carbonyl (C=O) groups excluding carboxylic acids is 2. The van der Waals surface area contributed by atoms with E-state index in [-0.39, 0.29) is 11.9 Å². The number of methoxy groups -OCH3 is 2. The molecular weight excluding hydrogens is 392 g/mol. The minimum atomic E-state index is -0.292. The first-order chi connectivity index (χ1) is 14.1. The summed E-state index contributed by atoms with van der Waals surface area (Å²) in [7, 11) is 3.12. The molecule has 1 aliphatic heterocycles. The second-order valence-electron chi connectivity index (χ2n) is 6.59. The van der Waals surface area contributed by atoms with Crippen LogP contribution in [0, 0.1) is 0 Å². The van der Waals surface area contributed by atoms with E-state index in [0.717, 1.165) is 25.2 Å². The average molecular weight is 419 g/mol. The molecule has 9 heteroatoms. The summed E-state index contributed by atoms with van der Waals surface area (Å²) in [5, 5.41) is 9.45. The quantitative estimate of drug-likeness (QED) is 0.721. The van der Waals surface area contributed by atoms with Gasteiger partial charge >= 0.3 is 6.03 Å². The van der Waals surface area contributed by atoms with E-state index >= 15 is 0 Å². The van der Waals surface area contributed by atoms with Crippen LogP contribution in [0.5, 0.6) is 11.5 Å². The molecule has 2 N–H and O–H groups in total. The fourth-order valence-electron chi connectivity index (χ4n) is 3.14. The lowest BCUT2D eigenvalue weighted by Gasteiger charge is -2.34. The number of thiophene rings is 1. The molecule has 1 aromatic carbocycles. The molecule has 0 aliphatic carbocycles. The smallest absolute Gasteiger partial charge is 0.319 e. The Morgan fingerprint density at radius 1 is 1.10 bits per heavy atom. The summed E-state index contributed by atoms with van der Waals surface area (Å²) in [6, 6.07) is 6.78. The summed E-state index contributed by atoms with van der Waals surface area (Å²) in [6.45, 7) is 4.24. The van der Waals surface area contributed by atoms with Crippen LogP contribution in [-0.2, 0) is 0 Å². The van der Waals surface area contributed by atoms with Crippen molar-refractivity contribution in [2.24, 2.45) is 0 Å². The van der Waals surface area contributed by atoms with Gasteiger partial charge in [-0.15, -0.1) is 0 Å². The molecule has 1 aromatic heterocycles. The summed E-state index contributed by atoms with van der Waals surface area (Å²) < 4.78 is 10.4. The molecule has 3 amide bonds. The first-order valence-corrected chi connectivity index (χ1v) is 10.4. The number of ether oxygens (including phenoxy) is 2. The Labute approximate surface area is 174 Å². The lowest BCUT2D eigenvalue weighted by atomic mass is 10.2. The molecule has 0 radical (unpaired) electrons. The lowest BCUT2D eigenvalue weighted by molar-refractivity contribution is 0.0640. The highest BCUT2D eigenvalue weighted by molar-refractivity contribution is 7.08. The molecule has 1 saturated heterocycles. The van der Waals surface area contributed by atoms with Gasteiger partial charge in [0.2, 0.25) is 0 Å². The van der Waals surface area contributed by atoms with Crippen LogP contribution in [0.15, 0.2) is 35.0 Å². The molecule has 0 saturated carbocycles. The van der Waals surface area contributed by atoms with E-state index < -0.39 is 0 Å². The molecule has 0 spiro atoms. The predicted octanol–water partition coefficient (Wildman–Crippen LogP) is 2.34. The minimum Gasteiger partial charge on any atom is -0.497 e. The Kier molecular flexibility index (Phi) is 7.31. The average Bonchev–Trinajstić information content (AvgIpc) is 3.29. The lowest BCUT2D eigenvalue weighted by Crippen LogP contribution is -2.50. The highest BCUT2D eigenvalue weighted by Crippen LogP contribution is 2.28. The molecular formula is C20H26N4O4S. The van der Waals surface area contributed by atoms with Crippen molar-refractivity contribution in [2.75, 3.05) is 58.8 Å². The van der Waals surface area contributed by atoms with E-state index in [2.05, 4.69) is 15.5 Å². The molecule has 8 nitrogen and oxygen atoms in total. The largest absolute Gasteiger partial charge is 0.497 e. The zero-order valence-corrected chi connectivity index (χ0v) is 17.5. The Balaban J connectivity index is 1.38.